The Labute approximate surface area is 117 Å². The van der Waals surface area contributed by atoms with Crippen LogP contribution >= 0.6 is 0 Å². The zero-order chi connectivity index (χ0) is 13.9. The molecule has 1 unspecified atom stereocenters. The van der Waals surface area contributed by atoms with E-state index in [1.54, 1.807) is 0 Å². The molecule has 1 aliphatic heterocycles. The maximum atomic E-state index is 4.64. The predicted octanol–water partition coefficient (Wildman–Crippen LogP) is 3.35. The van der Waals surface area contributed by atoms with Gasteiger partial charge in [0.15, 0.2) is 0 Å². The Morgan fingerprint density at radius 2 is 2.16 bits per heavy atom. The lowest BCUT2D eigenvalue weighted by Gasteiger charge is -2.36. The van der Waals surface area contributed by atoms with Gasteiger partial charge in [0.1, 0.15) is 5.82 Å². The highest BCUT2D eigenvalue weighted by atomic mass is 15.2. The third kappa shape index (κ3) is 3.93. The fraction of sp³-hybridized carbons (Fsp3) is 0.688. The zero-order valence-electron chi connectivity index (χ0n) is 12.7. The van der Waals surface area contributed by atoms with E-state index in [1.807, 2.05) is 12.3 Å². The highest BCUT2D eigenvalue weighted by Crippen LogP contribution is 2.26. The van der Waals surface area contributed by atoms with Crippen molar-refractivity contribution in [3.8, 4) is 0 Å². The Hall–Kier alpha value is -1.09. The number of rotatable bonds is 3. The molecule has 1 aromatic rings. The number of nitrogens with zero attached hydrogens (tertiary/aromatic N) is 2. The summed E-state index contributed by atoms with van der Waals surface area (Å²) in [5.74, 6) is 1.17. The van der Waals surface area contributed by atoms with Crippen LogP contribution in [0.3, 0.4) is 0 Å². The Bertz CT molecular complexity index is 409. The lowest BCUT2D eigenvalue weighted by atomic mass is 10.0. The second kappa shape index (κ2) is 5.91. The largest absolute Gasteiger partial charge is 0.354 e. The average molecular weight is 261 g/mol. The molecule has 0 bridgehead atoms. The van der Waals surface area contributed by atoms with Crippen molar-refractivity contribution in [2.45, 2.75) is 65.1 Å². The van der Waals surface area contributed by atoms with Crippen LogP contribution in [-0.2, 0) is 6.54 Å². The van der Waals surface area contributed by atoms with E-state index in [-0.39, 0.29) is 5.54 Å². The molecule has 0 saturated carbocycles. The summed E-state index contributed by atoms with van der Waals surface area (Å²) in [5, 5.41) is 3.57. The smallest absolute Gasteiger partial charge is 0.133 e. The number of hydrogen-bond donors (Lipinski definition) is 1. The van der Waals surface area contributed by atoms with Crippen LogP contribution in [0, 0.1) is 0 Å². The fourth-order valence-corrected chi connectivity index (χ4v) is 2.60. The van der Waals surface area contributed by atoms with Crippen molar-refractivity contribution in [3.63, 3.8) is 0 Å². The molecule has 0 spiro atoms. The van der Waals surface area contributed by atoms with Crippen LogP contribution in [0.5, 0.6) is 0 Å². The van der Waals surface area contributed by atoms with Crippen LogP contribution in [0.15, 0.2) is 18.3 Å². The van der Waals surface area contributed by atoms with E-state index in [0.29, 0.717) is 6.04 Å². The van der Waals surface area contributed by atoms with Crippen molar-refractivity contribution in [2.24, 2.45) is 0 Å². The minimum absolute atomic E-state index is 0.140. The van der Waals surface area contributed by atoms with Crippen molar-refractivity contribution < 1.29 is 0 Å². The average Bonchev–Trinajstić information content (AvgIpc) is 2.37. The first-order valence-electron chi connectivity index (χ1n) is 7.43. The van der Waals surface area contributed by atoms with E-state index in [1.165, 1.54) is 30.6 Å². The van der Waals surface area contributed by atoms with Crippen molar-refractivity contribution in [1.29, 1.82) is 0 Å². The molecule has 3 nitrogen and oxygen atoms in total. The molecular formula is C16H27N3. The molecule has 1 aliphatic rings. The molecule has 1 aromatic heterocycles. The second-order valence-electron chi connectivity index (χ2n) is 6.63. The molecule has 1 atom stereocenters. The van der Waals surface area contributed by atoms with Crippen LogP contribution in [0.2, 0.25) is 0 Å². The van der Waals surface area contributed by atoms with Crippen LogP contribution < -0.4 is 10.2 Å². The third-order valence-electron chi connectivity index (χ3n) is 3.75. The molecule has 1 N–H and O–H groups in total. The molecule has 0 amide bonds. The molecule has 0 aromatic carbocycles. The van der Waals surface area contributed by atoms with Crippen LogP contribution in [0.25, 0.3) is 0 Å². The fourth-order valence-electron chi connectivity index (χ4n) is 2.60. The molecule has 0 aliphatic carbocycles. The topological polar surface area (TPSA) is 28.2 Å². The van der Waals surface area contributed by atoms with Crippen LogP contribution in [0.4, 0.5) is 5.82 Å². The molecule has 2 rings (SSSR count). The summed E-state index contributed by atoms with van der Waals surface area (Å²) < 4.78 is 0. The first-order valence-corrected chi connectivity index (χ1v) is 7.43. The molecule has 106 valence electrons. The van der Waals surface area contributed by atoms with Crippen LogP contribution in [0.1, 0.15) is 52.5 Å². The lowest BCUT2D eigenvalue weighted by Crippen LogP contribution is -2.40. The van der Waals surface area contributed by atoms with Gasteiger partial charge in [-0.25, -0.2) is 4.98 Å². The number of aromatic nitrogens is 1. The van der Waals surface area contributed by atoms with E-state index < -0.39 is 0 Å². The van der Waals surface area contributed by atoms with E-state index in [0.717, 1.165) is 13.1 Å². The number of piperidine rings is 1. The molecular weight excluding hydrogens is 234 g/mol. The molecule has 3 heteroatoms. The van der Waals surface area contributed by atoms with E-state index >= 15 is 0 Å². The third-order valence-corrected chi connectivity index (χ3v) is 3.75. The van der Waals surface area contributed by atoms with Gasteiger partial charge in [-0.3, -0.25) is 0 Å². The normalized spacial score (nSPS) is 20.6. The number of hydrogen-bond acceptors (Lipinski definition) is 3. The summed E-state index contributed by atoms with van der Waals surface area (Å²) >= 11 is 0. The number of nitrogens with one attached hydrogen (secondary N) is 1. The van der Waals surface area contributed by atoms with Gasteiger partial charge < -0.3 is 10.2 Å². The Kier molecular flexibility index (Phi) is 4.46. The highest BCUT2D eigenvalue weighted by Gasteiger charge is 2.22. The Morgan fingerprint density at radius 3 is 2.84 bits per heavy atom. The summed E-state index contributed by atoms with van der Waals surface area (Å²) in [6.45, 7) is 10.9. The van der Waals surface area contributed by atoms with Gasteiger partial charge in [-0.15, -0.1) is 0 Å². The summed E-state index contributed by atoms with van der Waals surface area (Å²) in [5.41, 5.74) is 1.45. The Morgan fingerprint density at radius 1 is 1.37 bits per heavy atom. The van der Waals surface area contributed by atoms with Crippen molar-refractivity contribution in [1.82, 2.24) is 10.3 Å². The van der Waals surface area contributed by atoms with Gasteiger partial charge in [0.25, 0.3) is 0 Å². The molecule has 19 heavy (non-hydrogen) atoms. The van der Waals surface area contributed by atoms with Gasteiger partial charge in [-0.2, -0.15) is 0 Å². The summed E-state index contributed by atoms with van der Waals surface area (Å²) in [6.07, 6.45) is 5.83. The molecule has 1 saturated heterocycles. The molecule has 1 fully saturated rings. The van der Waals surface area contributed by atoms with Crippen molar-refractivity contribution in [2.75, 3.05) is 11.4 Å². The van der Waals surface area contributed by atoms with Crippen molar-refractivity contribution in [3.05, 3.63) is 23.9 Å². The first kappa shape index (κ1) is 14.3. The lowest BCUT2D eigenvalue weighted by molar-refractivity contribution is 0.422. The minimum Gasteiger partial charge on any atom is -0.354 e. The highest BCUT2D eigenvalue weighted by molar-refractivity contribution is 5.48. The van der Waals surface area contributed by atoms with Gasteiger partial charge >= 0.3 is 0 Å². The van der Waals surface area contributed by atoms with E-state index in [2.05, 4.69) is 49.0 Å². The molecule has 2 heterocycles. The van der Waals surface area contributed by atoms with Gasteiger partial charge in [-0.05, 0) is 53.0 Å². The van der Waals surface area contributed by atoms with Gasteiger partial charge in [0, 0.05) is 36.4 Å². The number of pyridine rings is 1. The van der Waals surface area contributed by atoms with Crippen LogP contribution in [-0.4, -0.2) is 23.1 Å². The maximum Gasteiger partial charge on any atom is 0.133 e. The standard InChI is InChI=1S/C16H27N3/c1-13-8-5-6-11-19(13)15-14(9-7-10-17-15)12-18-16(2,3)4/h7,9-10,13,18H,5-6,8,11-12H2,1-4H3. The predicted molar refractivity (Wildman–Crippen MR) is 81.5 cm³/mol. The SMILES string of the molecule is CC1CCCCN1c1ncccc1CNC(C)(C)C. The van der Waals surface area contributed by atoms with Gasteiger partial charge in [0.05, 0.1) is 0 Å². The summed E-state index contributed by atoms with van der Waals surface area (Å²) in [7, 11) is 0. The van der Waals surface area contributed by atoms with Gasteiger partial charge in [0.2, 0.25) is 0 Å². The van der Waals surface area contributed by atoms with E-state index in [4.69, 9.17) is 0 Å². The summed E-state index contributed by atoms with van der Waals surface area (Å²) in [6, 6.07) is 4.84. The van der Waals surface area contributed by atoms with E-state index in [9.17, 15) is 0 Å². The Balaban J connectivity index is 2.15. The monoisotopic (exact) mass is 261 g/mol. The quantitative estimate of drug-likeness (QED) is 0.904. The second-order valence-corrected chi connectivity index (χ2v) is 6.63. The van der Waals surface area contributed by atoms with Crippen molar-refractivity contribution >= 4 is 5.82 Å². The summed E-state index contributed by atoms with van der Waals surface area (Å²) in [4.78, 5) is 7.11. The first-order chi connectivity index (χ1) is 8.97. The minimum atomic E-state index is 0.140. The zero-order valence-corrected chi connectivity index (χ0v) is 12.7. The number of anilines is 1. The maximum absolute atomic E-state index is 4.64. The van der Waals surface area contributed by atoms with Gasteiger partial charge in [-0.1, -0.05) is 6.07 Å². The molecule has 0 radical (unpaired) electrons.